The van der Waals surface area contributed by atoms with Crippen molar-refractivity contribution in [3.8, 4) is 11.3 Å². The summed E-state index contributed by atoms with van der Waals surface area (Å²) in [5, 5.41) is 2.08. The number of halogens is 2. The molecule has 2 nitrogen and oxygen atoms in total. The number of hydrogen-bond acceptors (Lipinski definition) is 3. The summed E-state index contributed by atoms with van der Waals surface area (Å²) in [4.78, 5) is 5.52. The van der Waals surface area contributed by atoms with Gasteiger partial charge in [0.2, 0.25) is 0 Å². The molecular weight excluding hydrogens is 263 g/mol. The summed E-state index contributed by atoms with van der Waals surface area (Å²) in [5.74, 6) is 0. The van der Waals surface area contributed by atoms with Crippen molar-refractivity contribution in [3.63, 3.8) is 0 Å². The Balaban J connectivity index is 2.53. The van der Waals surface area contributed by atoms with Gasteiger partial charge < -0.3 is 5.73 Å². The van der Waals surface area contributed by atoms with E-state index in [0.29, 0.717) is 16.6 Å². The monoisotopic (exact) mass is 272 g/mol. The molecule has 2 N–H and O–H groups in total. The lowest BCUT2D eigenvalue weighted by Crippen LogP contribution is -1.95. The maximum absolute atomic E-state index is 5.98. The molecule has 0 aliphatic carbocycles. The first-order valence-electron chi connectivity index (χ1n) is 4.73. The second-order valence-corrected chi connectivity index (χ2v) is 5.44. The summed E-state index contributed by atoms with van der Waals surface area (Å²) in [6, 6.07) is 5.49. The van der Waals surface area contributed by atoms with Gasteiger partial charge in [-0.15, -0.1) is 11.3 Å². The SMILES string of the molecule is Cc1nc(-c2ccc(Cl)c(Cl)c2)c(CN)s1. The van der Waals surface area contributed by atoms with Crippen LogP contribution in [0.1, 0.15) is 9.88 Å². The van der Waals surface area contributed by atoms with E-state index in [2.05, 4.69) is 4.98 Å². The summed E-state index contributed by atoms with van der Waals surface area (Å²) in [6.45, 7) is 2.45. The second-order valence-electron chi connectivity index (χ2n) is 3.34. The number of rotatable bonds is 2. The van der Waals surface area contributed by atoms with Crippen molar-refractivity contribution >= 4 is 34.5 Å². The van der Waals surface area contributed by atoms with Gasteiger partial charge in [-0.05, 0) is 19.1 Å². The molecule has 1 aromatic carbocycles. The largest absolute Gasteiger partial charge is 0.326 e. The van der Waals surface area contributed by atoms with E-state index in [4.69, 9.17) is 28.9 Å². The van der Waals surface area contributed by atoms with Crippen LogP contribution in [0.2, 0.25) is 10.0 Å². The van der Waals surface area contributed by atoms with E-state index in [1.54, 1.807) is 17.4 Å². The second kappa shape index (κ2) is 4.72. The molecule has 0 saturated carbocycles. The standard InChI is InChI=1S/C11H10Cl2N2S/c1-6-15-11(10(5-14)16-6)7-2-3-8(12)9(13)4-7/h2-4H,5,14H2,1H3. The van der Waals surface area contributed by atoms with E-state index in [1.165, 1.54) is 0 Å². The molecular formula is C11H10Cl2N2S. The molecule has 16 heavy (non-hydrogen) atoms. The van der Waals surface area contributed by atoms with Crippen LogP contribution < -0.4 is 5.73 Å². The summed E-state index contributed by atoms with van der Waals surface area (Å²) in [7, 11) is 0. The molecule has 0 fully saturated rings. The molecule has 0 unspecified atom stereocenters. The summed E-state index contributed by atoms with van der Waals surface area (Å²) in [6.07, 6.45) is 0. The van der Waals surface area contributed by atoms with E-state index in [-0.39, 0.29) is 0 Å². The minimum Gasteiger partial charge on any atom is -0.326 e. The Morgan fingerprint density at radius 3 is 2.69 bits per heavy atom. The molecule has 0 bridgehead atoms. The molecule has 0 atom stereocenters. The summed E-state index contributed by atoms with van der Waals surface area (Å²) in [5.41, 5.74) is 7.54. The van der Waals surface area contributed by atoms with Crippen molar-refractivity contribution in [2.24, 2.45) is 5.73 Å². The smallest absolute Gasteiger partial charge is 0.0905 e. The number of nitrogens with two attached hydrogens (primary N) is 1. The predicted molar refractivity (Wildman–Crippen MR) is 70.2 cm³/mol. The average Bonchev–Trinajstić information content (AvgIpc) is 2.63. The van der Waals surface area contributed by atoms with Crippen molar-refractivity contribution in [1.29, 1.82) is 0 Å². The number of thiazole rings is 1. The number of hydrogen-bond donors (Lipinski definition) is 1. The van der Waals surface area contributed by atoms with Crippen molar-refractivity contribution < 1.29 is 0 Å². The topological polar surface area (TPSA) is 38.9 Å². The van der Waals surface area contributed by atoms with E-state index in [1.807, 2.05) is 19.1 Å². The molecule has 0 amide bonds. The summed E-state index contributed by atoms with van der Waals surface area (Å²) < 4.78 is 0. The van der Waals surface area contributed by atoms with E-state index in [0.717, 1.165) is 21.1 Å². The van der Waals surface area contributed by atoms with Gasteiger partial charge in [0.05, 0.1) is 20.7 Å². The van der Waals surface area contributed by atoms with Crippen molar-refractivity contribution in [2.45, 2.75) is 13.5 Å². The van der Waals surface area contributed by atoms with Gasteiger partial charge in [-0.25, -0.2) is 4.98 Å². The zero-order chi connectivity index (χ0) is 11.7. The Bertz CT molecular complexity index is 523. The van der Waals surface area contributed by atoms with Crippen LogP contribution in [0.25, 0.3) is 11.3 Å². The Hall–Kier alpha value is -0.610. The highest BCUT2D eigenvalue weighted by Gasteiger charge is 2.11. The number of benzene rings is 1. The zero-order valence-corrected chi connectivity index (χ0v) is 11.0. The van der Waals surface area contributed by atoms with E-state index >= 15 is 0 Å². The van der Waals surface area contributed by atoms with Crippen molar-refractivity contribution in [1.82, 2.24) is 4.98 Å². The van der Waals surface area contributed by atoms with Crippen LogP contribution in [0.15, 0.2) is 18.2 Å². The van der Waals surface area contributed by atoms with Crippen molar-refractivity contribution in [3.05, 3.63) is 38.1 Å². The van der Waals surface area contributed by atoms with Crippen LogP contribution in [0.3, 0.4) is 0 Å². The lowest BCUT2D eigenvalue weighted by molar-refractivity contribution is 1.10. The molecule has 0 spiro atoms. The fraction of sp³-hybridized carbons (Fsp3) is 0.182. The quantitative estimate of drug-likeness (QED) is 0.901. The Morgan fingerprint density at radius 2 is 2.06 bits per heavy atom. The molecule has 2 aromatic rings. The highest BCUT2D eigenvalue weighted by Crippen LogP contribution is 2.32. The lowest BCUT2D eigenvalue weighted by atomic mass is 10.1. The minimum absolute atomic E-state index is 0.487. The number of aryl methyl sites for hydroxylation is 1. The molecule has 0 saturated heterocycles. The van der Waals surface area contributed by atoms with Gasteiger partial charge in [0.15, 0.2) is 0 Å². The van der Waals surface area contributed by atoms with Crippen LogP contribution in [0.4, 0.5) is 0 Å². The third kappa shape index (κ3) is 2.23. The van der Waals surface area contributed by atoms with Crippen LogP contribution in [-0.2, 0) is 6.54 Å². The van der Waals surface area contributed by atoms with Gasteiger partial charge >= 0.3 is 0 Å². The minimum atomic E-state index is 0.487. The zero-order valence-electron chi connectivity index (χ0n) is 8.63. The van der Waals surface area contributed by atoms with Gasteiger partial charge in [0.25, 0.3) is 0 Å². The Labute approximate surface area is 108 Å². The van der Waals surface area contributed by atoms with Crippen LogP contribution in [0, 0.1) is 6.92 Å². The molecule has 0 aliphatic heterocycles. The molecule has 0 radical (unpaired) electrons. The third-order valence-corrected chi connectivity index (χ3v) is 3.91. The first-order chi connectivity index (χ1) is 7.61. The molecule has 5 heteroatoms. The van der Waals surface area contributed by atoms with Crippen LogP contribution >= 0.6 is 34.5 Å². The Kier molecular flexibility index (Phi) is 3.50. The predicted octanol–water partition coefficient (Wildman–Crippen LogP) is 3.88. The third-order valence-electron chi connectivity index (χ3n) is 2.18. The molecule has 0 aliphatic rings. The maximum atomic E-state index is 5.98. The molecule has 1 aromatic heterocycles. The highest BCUT2D eigenvalue weighted by atomic mass is 35.5. The fourth-order valence-corrected chi connectivity index (χ4v) is 2.61. The highest BCUT2D eigenvalue weighted by molar-refractivity contribution is 7.12. The molecule has 84 valence electrons. The Morgan fingerprint density at radius 1 is 1.31 bits per heavy atom. The van der Waals surface area contributed by atoms with Gasteiger partial charge in [-0.3, -0.25) is 0 Å². The normalized spacial score (nSPS) is 10.8. The van der Waals surface area contributed by atoms with Crippen LogP contribution in [-0.4, -0.2) is 4.98 Å². The summed E-state index contributed by atoms with van der Waals surface area (Å²) >= 11 is 13.5. The lowest BCUT2D eigenvalue weighted by Gasteiger charge is -2.02. The van der Waals surface area contributed by atoms with Crippen molar-refractivity contribution in [2.75, 3.05) is 0 Å². The number of aromatic nitrogens is 1. The van der Waals surface area contributed by atoms with Gasteiger partial charge in [0, 0.05) is 17.0 Å². The average molecular weight is 273 g/mol. The van der Waals surface area contributed by atoms with Gasteiger partial charge in [-0.1, -0.05) is 29.3 Å². The molecule has 1 heterocycles. The van der Waals surface area contributed by atoms with Gasteiger partial charge in [-0.2, -0.15) is 0 Å². The maximum Gasteiger partial charge on any atom is 0.0905 e. The van der Waals surface area contributed by atoms with E-state index < -0.39 is 0 Å². The first kappa shape index (κ1) is 11.9. The van der Waals surface area contributed by atoms with Gasteiger partial charge in [0.1, 0.15) is 0 Å². The fourth-order valence-electron chi connectivity index (χ4n) is 1.48. The molecule has 2 rings (SSSR count). The first-order valence-corrected chi connectivity index (χ1v) is 6.31. The van der Waals surface area contributed by atoms with E-state index in [9.17, 15) is 0 Å². The number of nitrogens with zero attached hydrogens (tertiary/aromatic N) is 1. The van der Waals surface area contributed by atoms with Crippen LogP contribution in [0.5, 0.6) is 0 Å².